The first-order chi connectivity index (χ1) is 16.3. The third-order valence-corrected chi connectivity index (χ3v) is 8.64. The van der Waals surface area contributed by atoms with Gasteiger partial charge in [-0.05, 0) is 41.8 Å². The van der Waals surface area contributed by atoms with E-state index in [1.165, 1.54) is 23.8 Å². The fourth-order valence-electron chi connectivity index (χ4n) is 5.07. The van der Waals surface area contributed by atoms with E-state index in [4.69, 9.17) is 0 Å². The molecular weight excluding hydrogens is 455 g/mol. The third-order valence-electron chi connectivity index (χ3n) is 6.84. The van der Waals surface area contributed by atoms with Crippen LogP contribution in [0.1, 0.15) is 17.0 Å². The number of amides is 1. The second-order valence-corrected chi connectivity index (χ2v) is 10.8. The molecule has 8 heteroatoms. The Kier molecular flexibility index (Phi) is 5.75. The first-order valence-corrected chi connectivity index (χ1v) is 12.6. The number of aryl methyl sites for hydroxylation is 1. The van der Waals surface area contributed by atoms with E-state index in [9.17, 15) is 22.7 Å². The van der Waals surface area contributed by atoms with Crippen LogP contribution in [0.3, 0.4) is 0 Å². The number of piperazine rings is 1. The van der Waals surface area contributed by atoms with Gasteiger partial charge in [0, 0.05) is 12.5 Å². The van der Waals surface area contributed by atoms with Gasteiger partial charge in [0.2, 0.25) is 15.9 Å². The van der Waals surface area contributed by atoms with E-state index in [0.29, 0.717) is 0 Å². The number of carbonyl (C=O) groups is 1. The summed E-state index contributed by atoms with van der Waals surface area (Å²) in [5.74, 6) is -1.21. The average molecular weight is 481 g/mol. The van der Waals surface area contributed by atoms with Crippen molar-refractivity contribution >= 4 is 15.9 Å². The maximum Gasteiger partial charge on any atom is 0.243 e. The Balaban J connectivity index is 1.42. The second-order valence-electron chi connectivity index (χ2n) is 8.89. The Morgan fingerprint density at radius 3 is 2.26 bits per heavy atom. The Morgan fingerprint density at radius 1 is 1.00 bits per heavy atom. The van der Waals surface area contributed by atoms with Gasteiger partial charge in [-0.25, -0.2) is 12.8 Å². The summed E-state index contributed by atoms with van der Waals surface area (Å²) in [6.07, 6.45) is 0. The Morgan fingerprint density at radius 2 is 1.65 bits per heavy atom. The molecule has 0 saturated carbocycles. The molecule has 34 heavy (non-hydrogen) atoms. The van der Waals surface area contributed by atoms with Gasteiger partial charge in [0.15, 0.2) is 0 Å². The third kappa shape index (κ3) is 3.81. The summed E-state index contributed by atoms with van der Waals surface area (Å²) in [6, 6.07) is 20.2. The van der Waals surface area contributed by atoms with E-state index < -0.39 is 27.9 Å². The maximum absolute atomic E-state index is 13.7. The normalized spacial score (nSPS) is 22.9. The van der Waals surface area contributed by atoms with E-state index in [2.05, 4.69) is 24.3 Å². The highest BCUT2D eigenvalue weighted by Crippen LogP contribution is 2.44. The first-order valence-electron chi connectivity index (χ1n) is 11.1. The fourth-order valence-corrected chi connectivity index (χ4v) is 6.51. The number of rotatable bonds is 5. The molecule has 3 aromatic carbocycles. The molecule has 0 radical (unpaired) electrons. The quantitative estimate of drug-likeness (QED) is 0.609. The van der Waals surface area contributed by atoms with Crippen molar-refractivity contribution in [2.45, 2.75) is 29.8 Å². The zero-order valence-corrected chi connectivity index (χ0v) is 19.5. The average Bonchev–Trinajstić information content (AvgIpc) is 2.81. The van der Waals surface area contributed by atoms with Crippen LogP contribution in [0.15, 0.2) is 77.7 Å². The van der Waals surface area contributed by atoms with Crippen molar-refractivity contribution < 1.29 is 22.7 Å². The summed E-state index contributed by atoms with van der Waals surface area (Å²) in [5.41, 5.74) is 4.26. The van der Waals surface area contributed by atoms with Gasteiger partial charge < -0.3 is 10.0 Å². The minimum atomic E-state index is -4.03. The number of hydrogen-bond acceptors (Lipinski definition) is 4. The van der Waals surface area contributed by atoms with Gasteiger partial charge >= 0.3 is 0 Å². The molecule has 2 aliphatic rings. The molecule has 176 valence electrons. The van der Waals surface area contributed by atoms with Crippen molar-refractivity contribution in [1.82, 2.24) is 9.21 Å². The number of carbonyl (C=O) groups excluding carboxylic acids is 1. The van der Waals surface area contributed by atoms with E-state index in [-0.39, 0.29) is 36.4 Å². The standard InChI is InChI=1S/C26H25FN2O4S/c1-17-5-7-18(8-6-17)19-9-11-20(12-10-19)26-23-14-28(15-25(31)29(23)24(26)16-30)34(32,33)22-4-2-3-21(27)13-22/h2-13,23-24,26,30H,14-16H2,1H3/t23-,24+,26+/m0/s1. The SMILES string of the molecule is Cc1ccc(-c2ccc([C@H]3[C@@H](CO)N4C(=O)CN(S(=O)(=O)c5cccc(F)c5)C[C@@H]34)cc2)cc1. The van der Waals surface area contributed by atoms with Gasteiger partial charge in [-0.3, -0.25) is 4.79 Å². The number of benzene rings is 3. The summed E-state index contributed by atoms with van der Waals surface area (Å²) in [6.45, 7) is 1.59. The lowest BCUT2D eigenvalue weighted by Gasteiger charge is -2.58. The molecule has 1 N–H and O–H groups in total. The van der Waals surface area contributed by atoms with Crippen LogP contribution in [0.25, 0.3) is 11.1 Å². The molecule has 0 bridgehead atoms. The lowest BCUT2D eigenvalue weighted by atomic mass is 9.74. The van der Waals surface area contributed by atoms with Crippen LogP contribution in [0.4, 0.5) is 4.39 Å². The van der Waals surface area contributed by atoms with Crippen molar-refractivity contribution in [3.8, 4) is 11.1 Å². The van der Waals surface area contributed by atoms with Crippen molar-refractivity contribution in [2.75, 3.05) is 19.7 Å². The lowest BCUT2D eigenvalue weighted by Crippen LogP contribution is -2.73. The molecule has 0 unspecified atom stereocenters. The second kappa shape index (κ2) is 8.61. The van der Waals surface area contributed by atoms with Crippen LogP contribution in [-0.4, -0.2) is 60.4 Å². The van der Waals surface area contributed by atoms with Crippen LogP contribution in [0, 0.1) is 12.7 Å². The topological polar surface area (TPSA) is 77.9 Å². The molecule has 3 atom stereocenters. The molecule has 2 heterocycles. The summed E-state index contributed by atoms with van der Waals surface area (Å²) in [7, 11) is -4.03. The molecule has 2 aliphatic heterocycles. The number of aliphatic hydroxyl groups is 1. The zero-order valence-electron chi connectivity index (χ0n) is 18.6. The Bertz CT molecular complexity index is 1330. The van der Waals surface area contributed by atoms with Gasteiger partial charge in [0.25, 0.3) is 0 Å². The zero-order chi connectivity index (χ0) is 24.0. The fraction of sp³-hybridized carbons (Fsp3) is 0.269. The summed E-state index contributed by atoms with van der Waals surface area (Å²) in [4.78, 5) is 14.3. The molecule has 2 saturated heterocycles. The number of sulfonamides is 1. The van der Waals surface area contributed by atoms with Gasteiger partial charge in [-0.1, -0.05) is 60.2 Å². The van der Waals surface area contributed by atoms with Gasteiger partial charge in [0.05, 0.1) is 30.1 Å². The molecule has 6 nitrogen and oxygen atoms in total. The number of nitrogens with zero attached hydrogens (tertiary/aromatic N) is 2. The smallest absolute Gasteiger partial charge is 0.243 e. The Hall–Kier alpha value is -3.07. The van der Waals surface area contributed by atoms with Gasteiger partial charge in [0.1, 0.15) is 5.82 Å². The molecule has 0 aliphatic carbocycles. The predicted octanol–water partition coefficient (Wildman–Crippen LogP) is 3.16. The van der Waals surface area contributed by atoms with E-state index in [1.54, 1.807) is 4.90 Å². The largest absolute Gasteiger partial charge is 0.394 e. The van der Waals surface area contributed by atoms with Crippen molar-refractivity contribution in [3.63, 3.8) is 0 Å². The highest BCUT2D eigenvalue weighted by Gasteiger charge is 2.55. The number of hydrogen-bond donors (Lipinski definition) is 1. The van der Waals surface area contributed by atoms with Crippen molar-refractivity contribution in [2.24, 2.45) is 0 Å². The summed E-state index contributed by atoms with van der Waals surface area (Å²) in [5, 5.41) is 10.00. The van der Waals surface area contributed by atoms with E-state index >= 15 is 0 Å². The van der Waals surface area contributed by atoms with Crippen molar-refractivity contribution in [1.29, 1.82) is 0 Å². The molecule has 1 amide bonds. The van der Waals surface area contributed by atoms with Crippen LogP contribution < -0.4 is 0 Å². The van der Waals surface area contributed by atoms with Crippen LogP contribution in [0.5, 0.6) is 0 Å². The molecule has 0 spiro atoms. The Labute approximate surface area is 198 Å². The first kappa shape index (κ1) is 22.7. The van der Waals surface area contributed by atoms with Crippen LogP contribution >= 0.6 is 0 Å². The van der Waals surface area contributed by atoms with E-state index in [1.807, 2.05) is 31.2 Å². The molecule has 5 rings (SSSR count). The number of fused-ring (bicyclic) bond motifs is 1. The monoisotopic (exact) mass is 480 g/mol. The van der Waals surface area contributed by atoms with Crippen LogP contribution in [0.2, 0.25) is 0 Å². The molecule has 0 aromatic heterocycles. The molecule has 3 aromatic rings. The highest BCUT2D eigenvalue weighted by molar-refractivity contribution is 7.89. The number of aliphatic hydroxyl groups excluding tert-OH is 1. The number of halogens is 1. The van der Waals surface area contributed by atoms with Crippen LogP contribution in [-0.2, 0) is 14.8 Å². The highest BCUT2D eigenvalue weighted by atomic mass is 32.2. The van der Waals surface area contributed by atoms with E-state index in [0.717, 1.165) is 27.1 Å². The molecular formula is C26H25FN2O4S. The summed E-state index contributed by atoms with van der Waals surface area (Å²) < 4.78 is 41.0. The lowest BCUT2D eigenvalue weighted by molar-refractivity contribution is -0.158. The van der Waals surface area contributed by atoms with Crippen molar-refractivity contribution in [3.05, 3.63) is 89.7 Å². The molecule has 2 fully saturated rings. The van der Waals surface area contributed by atoms with Gasteiger partial charge in [-0.15, -0.1) is 0 Å². The predicted molar refractivity (Wildman–Crippen MR) is 126 cm³/mol. The minimum Gasteiger partial charge on any atom is -0.394 e. The maximum atomic E-state index is 13.7. The minimum absolute atomic E-state index is 0.0888. The summed E-state index contributed by atoms with van der Waals surface area (Å²) >= 11 is 0. The van der Waals surface area contributed by atoms with Gasteiger partial charge in [-0.2, -0.15) is 4.31 Å².